The molecule has 3 aliphatic rings. The molecule has 168 valence electrons. The standard InChI is InChI=1S/C25H30N4O2S/c1-16-5-2-3-7-18(16)21-15-28(12-11-26-21)13-17-6-4-8-19-20(17)14-29(25(19)32)22-9-10-23(30)27-24(22)31/h2-8,21-22,25-26,32H,9-15H2,1H3,(H,27,30,31). The maximum absolute atomic E-state index is 12.5. The number of nitrogens with one attached hydrogen (secondary N) is 2. The maximum Gasteiger partial charge on any atom is 0.243 e. The van der Waals surface area contributed by atoms with Crippen LogP contribution in [0.3, 0.4) is 0 Å². The molecule has 0 saturated carbocycles. The Morgan fingerprint density at radius 3 is 2.72 bits per heavy atom. The third-order valence-corrected chi connectivity index (χ3v) is 7.64. The number of hydrogen-bond donors (Lipinski definition) is 3. The molecule has 32 heavy (non-hydrogen) atoms. The van der Waals surface area contributed by atoms with Crippen molar-refractivity contribution in [2.75, 3.05) is 19.6 Å². The van der Waals surface area contributed by atoms with E-state index < -0.39 is 0 Å². The minimum Gasteiger partial charge on any atom is -0.308 e. The fourth-order valence-electron chi connectivity index (χ4n) is 5.35. The number of imide groups is 1. The molecule has 0 radical (unpaired) electrons. The third kappa shape index (κ3) is 4.10. The van der Waals surface area contributed by atoms with Crippen LogP contribution in [0.15, 0.2) is 42.5 Å². The molecule has 0 aliphatic carbocycles. The molecule has 2 saturated heterocycles. The number of nitrogens with zero attached hydrogens (tertiary/aromatic N) is 2. The van der Waals surface area contributed by atoms with Gasteiger partial charge in [-0.2, -0.15) is 12.6 Å². The Labute approximate surface area is 194 Å². The first kappa shape index (κ1) is 21.6. The molecule has 2 fully saturated rings. The minimum atomic E-state index is -0.305. The molecule has 0 bridgehead atoms. The summed E-state index contributed by atoms with van der Waals surface area (Å²) in [6.07, 6.45) is 0.943. The second kappa shape index (κ2) is 8.98. The van der Waals surface area contributed by atoms with E-state index in [-0.39, 0.29) is 23.2 Å². The number of carbonyl (C=O) groups is 2. The lowest BCUT2D eigenvalue weighted by molar-refractivity contribution is -0.137. The smallest absolute Gasteiger partial charge is 0.243 e. The van der Waals surface area contributed by atoms with Gasteiger partial charge in [0.25, 0.3) is 0 Å². The lowest BCUT2D eigenvalue weighted by Gasteiger charge is -2.35. The van der Waals surface area contributed by atoms with Crippen LogP contribution in [0.1, 0.15) is 52.1 Å². The Balaban J connectivity index is 1.32. The summed E-state index contributed by atoms with van der Waals surface area (Å²) < 4.78 is 0. The number of benzene rings is 2. The summed E-state index contributed by atoms with van der Waals surface area (Å²) in [5.41, 5.74) is 6.46. The highest BCUT2D eigenvalue weighted by Crippen LogP contribution is 2.41. The van der Waals surface area contributed by atoms with Crippen molar-refractivity contribution < 1.29 is 9.59 Å². The molecule has 2 aromatic rings. The normalized spacial score (nSPS) is 26.8. The highest BCUT2D eigenvalue weighted by molar-refractivity contribution is 7.80. The Kier molecular flexibility index (Phi) is 6.07. The number of aryl methyl sites for hydroxylation is 1. The molecule has 5 rings (SSSR count). The minimum absolute atomic E-state index is 0.128. The number of thiol groups is 1. The van der Waals surface area contributed by atoms with Crippen LogP contribution in [0.5, 0.6) is 0 Å². The third-order valence-electron chi connectivity index (χ3n) is 7.07. The van der Waals surface area contributed by atoms with Gasteiger partial charge in [-0.1, -0.05) is 42.5 Å². The van der Waals surface area contributed by atoms with E-state index in [2.05, 4.69) is 69.8 Å². The van der Waals surface area contributed by atoms with E-state index in [1.807, 2.05) is 0 Å². The summed E-state index contributed by atoms with van der Waals surface area (Å²) in [6.45, 7) is 6.70. The number of piperazine rings is 1. The molecule has 3 unspecified atom stereocenters. The van der Waals surface area contributed by atoms with E-state index in [1.54, 1.807) is 0 Å². The molecule has 2 N–H and O–H groups in total. The molecular formula is C25H30N4O2S. The van der Waals surface area contributed by atoms with E-state index in [1.165, 1.54) is 27.8 Å². The van der Waals surface area contributed by atoms with Crippen molar-refractivity contribution in [3.63, 3.8) is 0 Å². The Bertz CT molecular complexity index is 1040. The second-order valence-corrected chi connectivity index (χ2v) is 9.59. The predicted molar refractivity (Wildman–Crippen MR) is 127 cm³/mol. The van der Waals surface area contributed by atoms with Crippen molar-refractivity contribution in [1.29, 1.82) is 0 Å². The first-order valence-electron chi connectivity index (χ1n) is 11.4. The number of rotatable bonds is 4. The molecule has 7 heteroatoms. The zero-order valence-electron chi connectivity index (χ0n) is 18.4. The second-order valence-electron chi connectivity index (χ2n) is 9.10. The number of amides is 2. The number of hydrogen-bond acceptors (Lipinski definition) is 6. The van der Waals surface area contributed by atoms with Crippen molar-refractivity contribution >= 4 is 24.4 Å². The Morgan fingerprint density at radius 1 is 1.09 bits per heavy atom. The zero-order chi connectivity index (χ0) is 22.2. The monoisotopic (exact) mass is 450 g/mol. The summed E-state index contributed by atoms with van der Waals surface area (Å²) in [7, 11) is 0. The first-order chi connectivity index (χ1) is 15.5. The van der Waals surface area contributed by atoms with Crippen LogP contribution in [0, 0.1) is 6.92 Å². The van der Waals surface area contributed by atoms with Gasteiger partial charge < -0.3 is 5.32 Å². The van der Waals surface area contributed by atoms with Gasteiger partial charge in [0, 0.05) is 45.2 Å². The Hall–Kier alpha value is -2.19. The van der Waals surface area contributed by atoms with Crippen LogP contribution in [-0.4, -0.2) is 47.3 Å². The summed E-state index contributed by atoms with van der Waals surface area (Å²) in [5.74, 6) is -0.376. The van der Waals surface area contributed by atoms with Crippen molar-refractivity contribution in [3.05, 3.63) is 70.3 Å². The lowest BCUT2D eigenvalue weighted by Crippen LogP contribution is -2.51. The van der Waals surface area contributed by atoms with Gasteiger partial charge in [-0.3, -0.25) is 24.7 Å². The van der Waals surface area contributed by atoms with Crippen LogP contribution >= 0.6 is 12.6 Å². The number of piperidine rings is 1. The molecule has 3 atom stereocenters. The van der Waals surface area contributed by atoms with Gasteiger partial charge >= 0.3 is 0 Å². The maximum atomic E-state index is 12.5. The molecule has 2 aromatic carbocycles. The fourth-order valence-corrected chi connectivity index (χ4v) is 5.83. The molecule has 0 aromatic heterocycles. The molecule has 6 nitrogen and oxygen atoms in total. The topological polar surface area (TPSA) is 64.7 Å². The SMILES string of the molecule is Cc1ccccc1C1CN(Cc2cccc3c2CN(C2CCC(=O)NC2=O)C3S)CCN1. The van der Waals surface area contributed by atoms with Gasteiger partial charge in [0.05, 0.1) is 11.4 Å². The van der Waals surface area contributed by atoms with E-state index in [4.69, 9.17) is 12.6 Å². The van der Waals surface area contributed by atoms with Crippen LogP contribution in [-0.2, 0) is 22.7 Å². The van der Waals surface area contributed by atoms with Crippen LogP contribution in [0.4, 0.5) is 0 Å². The van der Waals surface area contributed by atoms with Gasteiger partial charge in [-0.05, 0) is 41.2 Å². The van der Waals surface area contributed by atoms with Gasteiger partial charge in [-0.15, -0.1) is 0 Å². The summed E-state index contributed by atoms with van der Waals surface area (Å²) in [6, 6.07) is 15.1. The number of carbonyl (C=O) groups excluding carboxylic acids is 2. The van der Waals surface area contributed by atoms with E-state index in [0.717, 1.165) is 26.2 Å². The highest BCUT2D eigenvalue weighted by atomic mass is 32.1. The number of fused-ring (bicyclic) bond motifs is 1. The van der Waals surface area contributed by atoms with Crippen molar-refractivity contribution in [3.8, 4) is 0 Å². The van der Waals surface area contributed by atoms with Gasteiger partial charge in [0.15, 0.2) is 0 Å². The molecular weight excluding hydrogens is 420 g/mol. The van der Waals surface area contributed by atoms with Crippen LogP contribution < -0.4 is 10.6 Å². The van der Waals surface area contributed by atoms with Gasteiger partial charge in [0.1, 0.15) is 0 Å². The van der Waals surface area contributed by atoms with Gasteiger partial charge in [-0.25, -0.2) is 0 Å². The quantitative estimate of drug-likeness (QED) is 0.494. The highest BCUT2D eigenvalue weighted by Gasteiger charge is 2.39. The molecule has 0 spiro atoms. The summed E-state index contributed by atoms with van der Waals surface area (Å²) >= 11 is 4.86. The van der Waals surface area contributed by atoms with Gasteiger partial charge in [0.2, 0.25) is 11.8 Å². The fraction of sp³-hybridized carbons (Fsp3) is 0.440. The first-order valence-corrected chi connectivity index (χ1v) is 11.9. The van der Waals surface area contributed by atoms with Crippen LogP contribution in [0.25, 0.3) is 0 Å². The average molecular weight is 451 g/mol. The zero-order valence-corrected chi connectivity index (χ0v) is 19.3. The molecule has 3 heterocycles. The van der Waals surface area contributed by atoms with Crippen LogP contribution in [0.2, 0.25) is 0 Å². The lowest BCUT2D eigenvalue weighted by atomic mass is 9.98. The molecule has 3 aliphatic heterocycles. The summed E-state index contributed by atoms with van der Waals surface area (Å²) in [4.78, 5) is 28.7. The average Bonchev–Trinajstić information content (AvgIpc) is 3.12. The molecule has 2 amide bonds. The summed E-state index contributed by atoms with van der Waals surface area (Å²) in [5, 5.41) is 6.04. The van der Waals surface area contributed by atoms with Crippen molar-refractivity contribution in [2.24, 2.45) is 0 Å². The van der Waals surface area contributed by atoms with Crippen molar-refractivity contribution in [1.82, 2.24) is 20.4 Å². The Morgan fingerprint density at radius 2 is 1.91 bits per heavy atom. The van der Waals surface area contributed by atoms with Crippen molar-refractivity contribution in [2.45, 2.75) is 50.3 Å². The van der Waals surface area contributed by atoms with E-state index in [9.17, 15) is 9.59 Å². The largest absolute Gasteiger partial charge is 0.308 e. The van der Waals surface area contributed by atoms with E-state index >= 15 is 0 Å². The predicted octanol–water partition coefficient (Wildman–Crippen LogP) is 2.69. The van der Waals surface area contributed by atoms with E-state index in [0.29, 0.717) is 25.4 Å².